The van der Waals surface area contributed by atoms with Gasteiger partial charge in [-0.05, 0) is 37.1 Å². The van der Waals surface area contributed by atoms with E-state index in [0.29, 0.717) is 17.8 Å². The SMILES string of the molecule is Cc1ccc(N2CCN(Cc3ccccc3)C(C)C2=O)cc1F. The molecule has 0 N–H and O–H groups in total. The number of hydrogen-bond acceptors (Lipinski definition) is 2. The summed E-state index contributed by atoms with van der Waals surface area (Å²) >= 11 is 0. The van der Waals surface area contributed by atoms with E-state index in [0.717, 1.165) is 13.1 Å². The highest BCUT2D eigenvalue weighted by Crippen LogP contribution is 2.23. The maximum absolute atomic E-state index is 13.8. The van der Waals surface area contributed by atoms with E-state index in [1.54, 1.807) is 17.9 Å². The molecule has 0 saturated carbocycles. The first-order chi connectivity index (χ1) is 11.1. The molecular weight excluding hydrogens is 291 g/mol. The molecule has 2 aromatic carbocycles. The fraction of sp³-hybridized carbons (Fsp3) is 0.316. The Hall–Kier alpha value is -2.20. The summed E-state index contributed by atoms with van der Waals surface area (Å²) in [6.45, 7) is 5.75. The second-order valence-electron chi connectivity index (χ2n) is 6.06. The normalized spacial score (nSPS) is 19.2. The number of benzene rings is 2. The number of carbonyl (C=O) groups is 1. The van der Waals surface area contributed by atoms with E-state index in [2.05, 4.69) is 17.0 Å². The highest BCUT2D eigenvalue weighted by atomic mass is 19.1. The number of amides is 1. The predicted molar refractivity (Wildman–Crippen MR) is 89.8 cm³/mol. The van der Waals surface area contributed by atoms with Crippen LogP contribution < -0.4 is 4.90 Å². The molecule has 2 aromatic rings. The highest BCUT2D eigenvalue weighted by molar-refractivity contribution is 5.97. The molecule has 0 spiro atoms. The number of hydrogen-bond donors (Lipinski definition) is 0. The van der Waals surface area contributed by atoms with E-state index in [1.165, 1.54) is 11.6 Å². The third kappa shape index (κ3) is 3.27. The van der Waals surface area contributed by atoms with Gasteiger partial charge in [-0.1, -0.05) is 36.4 Å². The van der Waals surface area contributed by atoms with E-state index in [-0.39, 0.29) is 17.8 Å². The van der Waals surface area contributed by atoms with Crippen LogP contribution in [0, 0.1) is 12.7 Å². The third-order valence-corrected chi connectivity index (χ3v) is 4.48. The van der Waals surface area contributed by atoms with Gasteiger partial charge in [0.15, 0.2) is 0 Å². The number of piperazine rings is 1. The zero-order valence-corrected chi connectivity index (χ0v) is 13.5. The van der Waals surface area contributed by atoms with Crippen LogP contribution in [0.25, 0.3) is 0 Å². The Kier molecular flexibility index (Phi) is 4.44. The quantitative estimate of drug-likeness (QED) is 0.867. The molecule has 1 aliphatic rings. The van der Waals surface area contributed by atoms with Crippen LogP contribution in [0.2, 0.25) is 0 Å². The molecule has 1 saturated heterocycles. The van der Waals surface area contributed by atoms with Crippen LogP contribution in [0.15, 0.2) is 48.5 Å². The van der Waals surface area contributed by atoms with E-state index in [1.807, 2.05) is 31.2 Å². The summed E-state index contributed by atoms with van der Waals surface area (Å²) < 4.78 is 13.8. The van der Waals surface area contributed by atoms with Crippen molar-refractivity contribution in [1.82, 2.24) is 4.90 Å². The zero-order valence-electron chi connectivity index (χ0n) is 13.5. The molecule has 1 amide bonds. The molecule has 3 nitrogen and oxygen atoms in total. The van der Waals surface area contributed by atoms with Crippen LogP contribution in [0.4, 0.5) is 10.1 Å². The molecule has 1 heterocycles. The third-order valence-electron chi connectivity index (χ3n) is 4.48. The van der Waals surface area contributed by atoms with Gasteiger partial charge in [0.2, 0.25) is 5.91 Å². The standard InChI is InChI=1S/C19H21FN2O/c1-14-8-9-17(12-18(14)20)22-11-10-21(15(2)19(22)23)13-16-6-4-3-5-7-16/h3-9,12,15H,10-11,13H2,1-2H3. The molecule has 1 unspecified atom stereocenters. The van der Waals surface area contributed by atoms with E-state index >= 15 is 0 Å². The Morgan fingerprint density at radius 1 is 1.13 bits per heavy atom. The maximum Gasteiger partial charge on any atom is 0.244 e. The molecule has 3 rings (SSSR count). The van der Waals surface area contributed by atoms with Crippen LogP contribution >= 0.6 is 0 Å². The lowest BCUT2D eigenvalue weighted by molar-refractivity contribution is -0.125. The summed E-state index contributed by atoms with van der Waals surface area (Å²) in [5, 5.41) is 0. The average Bonchev–Trinajstić information content (AvgIpc) is 2.56. The number of rotatable bonds is 3. The molecule has 120 valence electrons. The van der Waals surface area contributed by atoms with Crippen molar-refractivity contribution >= 4 is 11.6 Å². The molecule has 0 aromatic heterocycles. The Morgan fingerprint density at radius 3 is 2.57 bits per heavy atom. The van der Waals surface area contributed by atoms with Crippen LogP contribution in [-0.2, 0) is 11.3 Å². The summed E-state index contributed by atoms with van der Waals surface area (Å²) in [5.74, 6) is -0.245. The van der Waals surface area contributed by atoms with Gasteiger partial charge < -0.3 is 4.90 Å². The molecule has 1 aliphatic heterocycles. The summed E-state index contributed by atoms with van der Waals surface area (Å²) in [5.41, 5.74) is 2.43. The molecular formula is C19H21FN2O. The monoisotopic (exact) mass is 312 g/mol. The van der Waals surface area contributed by atoms with Crippen molar-refractivity contribution < 1.29 is 9.18 Å². The lowest BCUT2D eigenvalue weighted by Crippen LogP contribution is -2.55. The van der Waals surface area contributed by atoms with Crippen LogP contribution in [0.5, 0.6) is 0 Å². The maximum atomic E-state index is 13.8. The van der Waals surface area contributed by atoms with Gasteiger partial charge in [-0.25, -0.2) is 4.39 Å². The van der Waals surface area contributed by atoms with Crippen molar-refractivity contribution in [1.29, 1.82) is 0 Å². The Morgan fingerprint density at radius 2 is 1.87 bits per heavy atom. The number of nitrogens with zero attached hydrogens (tertiary/aromatic N) is 2. The van der Waals surface area contributed by atoms with Gasteiger partial charge in [0.05, 0.1) is 6.04 Å². The Balaban J connectivity index is 1.74. The van der Waals surface area contributed by atoms with Gasteiger partial charge in [0.25, 0.3) is 0 Å². The number of aryl methyl sites for hydroxylation is 1. The topological polar surface area (TPSA) is 23.6 Å². The minimum atomic E-state index is -0.269. The molecule has 4 heteroatoms. The molecule has 1 atom stereocenters. The van der Waals surface area contributed by atoms with Gasteiger partial charge in [0.1, 0.15) is 5.82 Å². The number of halogens is 1. The first-order valence-electron chi connectivity index (χ1n) is 7.92. The Bertz CT molecular complexity index is 702. The molecule has 0 bridgehead atoms. The predicted octanol–water partition coefficient (Wildman–Crippen LogP) is 3.37. The fourth-order valence-corrected chi connectivity index (χ4v) is 2.95. The first kappa shape index (κ1) is 15.7. The Labute approximate surface area is 136 Å². The first-order valence-corrected chi connectivity index (χ1v) is 7.92. The van der Waals surface area contributed by atoms with Crippen molar-refractivity contribution in [3.63, 3.8) is 0 Å². The minimum absolute atomic E-state index is 0.0236. The van der Waals surface area contributed by atoms with Crippen molar-refractivity contribution in [3.05, 3.63) is 65.5 Å². The fourth-order valence-electron chi connectivity index (χ4n) is 2.95. The highest BCUT2D eigenvalue weighted by Gasteiger charge is 2.32. The molecule has 23 heavy (non-hydrogen) atoms. The largest absolute Gasteiger partial charge is 0.310 e. The van der Waals surface area contributed by atoms with Gasteiger partial charge in [-0.3, -0.25) is 9.69 Å². The second kappa shape index (κ2) is 6.50. The van der Waals surface area contributed by atoms with Crippen molar-refractivity contribution in [2.75, 3.05) is 18.0 Å². The van der Waals surface area contributed by atoms with E-state index < -0.39 is 0 Å². The van der Waals surface area contributed by atoms with E-state index in [9.17, 15) is 9.18 Å². The smallest absolute Gasteiger partial charge is 0.244 e. The molecule has 0 aliphatic carbocycles. The van der Waals surface area contributed by atoms with Gasteiger partial charge >= 0.3 is 0 Å². The van der Waals surface area contributed by atoms with Crippen molar-refractivity contribution in [2.45, 2.75) is 26.4 Å². The van der Waals surface area contributed by atoms with Crippen LogP contribution in [0.1, 0.15) is 18.1 Å². The van der Waals surface area contributed by atoms with Crippen molar-refractivity contribution in [2.24, 2.45) is 0 Å². The second-order valence-corrected chi connectivity index (χ2v) is 6.06. The molecule has 1 fully saturated rings. The lowest BCUT2D eigenvalue weighted by Gasteiger charge is -2.39. The average molecular weight is 312 g/mol. The van der Waals surface area contributed by atoms with Gasteiger partial charge in [0, 0.05) is 25.3 Å². The van der Waals surface area contributed by atoms with Crippen molar-refractivity contribution in [3.8, 4) is 0 Å². The van der Waals surface area contributed by atoms with Crippen LogP contribution in [-0.4, -0.2) is 29.9 Å². The number of anilines is 1. The van der Waals surface area contributed by atoms with E-state index in [4.69, 9.17) is 0 Å². The zero-order chi connectivity index (χ0) is 16.4. The summed E-state index contributed by atoms with van der Waals surface area (Å²) in [6.07, 6.45) is 0. The van der Waals surface area contributed by atoms with Gasteiger partial charge in [-0.15, -0.1) is 0 Å². The van der Waals surface area contributed by atoms with Gasteiger partial charge in [-0.2, -0.15) is 0 Å². The summed E-state index contributed by atoms with van der Waals surface area (Å²) in [7, 11) is 0. The summed E-state index contributed by atoms with van der Waals surface area (Å²) in [6, 6.07) is 14.9. The molecule has 0 radical (unpaired) electrons. The number of carbonyl (C=O) groups excluding carboxylic acids is 1. The summed E-state index contributed by atoms with van der Waals surface area (Å²) in [4.78, 5) is 16.5. The minimum Gasteiger partial charge on any atom is -0.310 e. The van der Waals surface area contributed by atoms with Crippen LogP contribution in [0.3, 0.4) is 0 Å². The lowest BCUT2D eigenvalue weighted by atomic mass is 10.1.